The van der Waals surface area contributed by atoms with E-state index < -0.39 is 12.0 Å². The highest BCUT2D eigenvalue weighted by Gasteiger charge is 2.31. The number of carboxylic acids is 1. The van der Waals surface area contributed by atoms with Crippen LogP contribution >= 0.6 is 0 Å². The molecule has 7 heteroatoms. The monoisotopic (exact) mass is 342 g/mol. The minimum atomic E-state index is -0.874. The topological polar surface area (TPSA) is 102 Å². The fourth-order valence-electron chi connectivity index (χ4n) is 3.09. The predicted molar refractivity (Wildman–Crippen MR) is 92.6 cm³/mol. The van der Waals surface area contributed by atoms with Gasteiger partial charge in [0.1, 0.15) is 11.9 Å². The summed E-state index contributed by atoms with van der Waals surface area (Å²) >= 11 is 0. The van der Waals surface area contributed by atoms with Crippen LogP contribution in [0.4, 0.5) is 5.82 Å². The number of hydrogen-bond acceptors (Lipinski definition) is 6. The maximum atomic E-state index is 11.7. The van der Waals surface area contributed by atoms with Crippen LogP contribution in [0.15, 0.2) is 42.9 Å². The van der Waals surface area contributed by atoms with Crippen LogP contribution in [-0.4, -0.2) is 45.1 Å². The second-order valence-corrected chi connectivity index (χ2v) is 6.16. The SMILES string of the molecule is Nc1ccc([C@@H](C(=O)O)N2CCC(OCc3cccnc3)CC2)cn1. The lowest BCUT2D eigenvalue weighted by molar-refractivity contribution is -0.145. The van der Waals surface area contributed by atoms with E-state index in [1.54, 1.807) is 30.7 Å². The van der Waals surface area contributed by atoms with E-state index in [0.29, 0.717) is 31.1 Å². The minimum Gasteiger partial charge on any atom is -0.480 e. The quantitative estimate of drug-likeness (QED) is 0.826. The maximum Gasteiger partial charge on any atom is 0.325 e. The second kappa shape index (κ2) is 8.04. The van der Waals surface area contributed by atoms with E-state index in [9.17, 15) is 9.90 Å². The van der Waals surface area contributed by atoms with Crippen LogP contribution in [0.1, 0.15) is 30.0 Å². The van der Waals surface area contributed by atoms with Crippen molar-refractivity contribution in [2.24, 2.45) is 0 Å². The number of anilines is 1. The molecule has 2 aromatic heterocycles. The van der Waals surface area contributed by atoms with E-state index in [1.165, 1.54) is 0 Å². The van der Waals surface area contributed by atoms with Crippen molar-refractivity contribution >= 4 is 11.8 Å². The van der Waals surface area contributed by atoms with Gasteiger partial charge >= 0.3 is 5.97 Å². The minimum absolute atomic E-state index is 0.135. The Hall–Kier alpha value is -2.51. The number of nitrogen functional groups attached to an aromatic ring is 1. The number of rotatable bonds is 6. The van der Waals surface area contributed by atoms with E-state index >= 15 is 0 Å². The van der Waals surface area contributed by atoms with E-state index in [-0.39, 0.29) is 6.10 Å². The zero-order valence-electron chi connectivity index (χ0n) is 13.9. The number of nitrogens with two attached hydrogens (primary N) is 1. The van der Waals surface area contributed by atoms with Gasteiger partial charge in [-0.3, -0.25) is 14.7 Å². The molecular weight excluding hydrogens is 320 g/mol. The van der Waals surface area contributed by atoms with E-state index in [4.69, 9.17) is 10.5 Å². The van der Waals surface area contributed by atoms with Crippen molar-refractivity contribution in [3.8, 4) is 0 Å². The molecule has 0 aliphatic carbocycles. The van der Waals surface area contributed by atoms with Gasteiger partial charge in [-0.25, -0.2) is 4.98 Å². The van der Waals surface area contributed by atoms with Gasteiger partial charge in [0, 0.05) is 31.7 Å². The first-order valence-corrected chi connectivity index (χ1v) is 8.32. The summed E-state index contributed by atoms with van der Waals surface area (Å²) in [4.78, 5) is 21.8. The van der Waals surface area contributed by atoms with Gasteiger partial charge < -0.3 is 15.6 Å². The summed E-state index contributed by atoms with van der Waals surface area (Å²) in [7, 11) is 0. The largest absolute Gasteiger partial charge is 0.480 e. The summed E-state index contributed by atoms with van der Waals surface area (Å²) in [6.45, 7) is 1.86. The third-order valence-electron chi connectivity index (χ3n) is 4.41. The summed E-state index contributed by atoms with van der Waals surface area (Å²) in [6.07, 6.45) is 6.80. The lowest BCUT2D eigenvalue weighted by Crippen LogP contribution is -2.42. The van der Waals surface area contributed by atoms with Gasteiger partial charge in [0.25, 0.3) is 0 Å². The molecule has 1 atom stereocenters. The average Bonchev–Trinajstić information content (AvgIpc) is 2.63. The molecule has 7 nitrogen and oxygen atoms in total. The number of ether oxygens (including phenoxy) is 1. The normalized spacial score (nSPS) is 17.3. The number of pyridine rings is 2. The lowest BCUT2D eigenvalue weighted by Gasteiger charge is -2.35. The number of nitrogens with zero attached hydrogens (tertiary/aromatic N) is 3. The van der Waals surface area contributed by atoms with Gasteiger partial charge in [-0.05, 0) is 36.1 Å². The maximum absolute atomic E-state index is 11.7. The average molecular weight is 342 g/mol. The Morgan fingerprint density at radius 2 is 2.12 bits per heavy atom. The second-order valence-electron chi connectivity index (χ2n) is 6.16. The van der Waals surface area contributed by atoms with Crippen molar-refractivity contribution in [2.45, 2.75) is 31.6 Å². The Morgan fingerprint density at radius 1 is 1.32 bits per heavy atom. The standard InChI is InChI=1S/C18H22N4O3/c19-16-4-3-14(11-21-16)17(18(23)24)22-8-5-15(6-9-22)25-12-13-2-1-7-20-10-13/h1-4,7,10-11,15,17H,5-6,8-9,12H2,(H2,19,21)(H,23,24)/t17-/m0/s1. The molecule has 3 N–H and O–H groups in total. The van der Waals surface area contributed by atoms with Crippen LogP contribution in [0.2, 0.25) is 0 Å². The molecule has 1 aliphatic rings. The Morgan fingerprint density at radius 3 is 2.72 bits per heavy atom. The van der Waals surface area contributed by atoms with Crippen LogP contribution in [0.5, 0.6) is 0 Å². The molecule has 0 amide bonds. The summed E-state index contributed by atoms with van der Waals surface area (Å²) in [6, 6.07) is 6.53. The fraction of sp³-hybridized carbons (Fsp3) is 0.389. The van der Waals surface area contributed by atoms with Crippen LogP contribution in [-0.2, 0) is 16.1 Å². The molecule has 0 saturated carbocycles. The van der Waals surface area contributed by atoms with Crippen LogP contribution in [0, 0.1) is 0 Å². The molecule has 1 aliphatic heterocycles. The van der Waals surface area contributed by atoms with Gasteiger partial charge in [0.05, 0.1) is 12.7 Å². The molecule has 132 valence electrons. The molecule has 3 rings (SSSR count). The first-order valence-electron chi connectivity index (χ1n) is 8.32. The number of carboxylic acid groups (broad SMARTS) is 1. The molecule has 3 heterocycles. The molecule has 0 aromatic carbocycles. The Bertz CT molecular complexity index is 685. The Labute approximate surface area is 146 Å². The number of carbonyl (C=O) groups is 1. The third kappa shape index (κ3) is 4.52. The van der Waals surface area contributed by atoms with Gasteiger partial charge in [-0.1, -0.05) is 12.1 Å². The molecule has 0 bridgehead atoms. The molecule has 0 spiro atoms. The number of likely N-dealkylation sites (tertiary alicyclic amines) is 1. The van der Waals surface area contributed by atoms with Crippen molar-refractivity contribution in [3.05, 3.63) is 54.0 Å². The molecule has 1 fully saturated rings. The molecule has 25 heavy (non-hydrogen) atoms. The highest BCUT2D eigenvalue weighted by atomic mass is 16.5. The molecule has 1 saturated heterocycles. The zero-order chi connectivity index (χ0) is 17.6. The van der Waals surface area contributed by atoms with Crippen LogP contribution in [0.25, 0.3) is 0 Å². The van der Waals surface area contributed by atoms with Crippen LogP contribution < -0.4 is 5.73 Å². The van der Waals surface area contributed by atoms with Crippen molar-refractivity contribution in [2.75, 3.05) is 18.8 Å². The van der Waals surface area contributed by atoms with E-state index in [0.717, 1.165) is 18.4 Å². The first-order chi connectivity index (χ1) is 12.1. The smallest absolute Gasteiger partial charge is 0.325 e. The van der Waals surface area contributed by atoms with Gasteiger partial charge in [0.15, 0.2) is 0 Å². The van der Waals surface area contributed by atoms with Gasteiger partial charge in [-0.2, -0.15) is 0 Å². The Kier molecular flexibility index (Phi) is 5.57. The fourth-order valence-corrected chi connectivity index (χ4v) is 3.09. The van der Waals surface area contributed by atoms with E-state index in [2.05, 4.69) is 9.97 Å². The van der Waals surface area contributed by atoms with Crippen molar-refractivity contribution in [1.29, 1.82) is 0 Å². The Balaban J connectivity index is 1.56. The number of piperidine rings is 1. The number of aromatic nitrogens is 2. The molecular formula is C18H22N4O3. The van der Waals surface area contributed by atoms with Gasteiger partial charge in [-0.15, -0.1) is 0 Å². The third-order valence-corrected chi connectivity index (χ3v) is 4.41. The van der Waals surface area contributed by atoms with Crippen LogP contribution in [0.3, 0.4) is 0 Å². The summed E-state index contributed by atoms with van der Waals surface area (Å²) in [5.41, 5.74) is 7.28. The van der Waals surface area contributed by atoms with Crippen molar-refractivity contribution in [1.82, 2.24) is 14.9 Å². The number of hydrogen-bond donors (Lipinski definition) is 2. The molecule has 0 radical (unpaired) electrons. The summed E-state index contributed by atoms with van der Waals surface area (Å²) in [5.74, 6) is -0.489. The van der Waals surface area contributed by atoms with Gasteiger partial charge in [0.2, 0.25) is 0 Å². The summed E-state index contributed by atoms with van der Waals surface area (Å²) < 4.78 is 5.94. The number of aliphatic carboxylic acids is 1. The lowest BCUT2D eigenvalue weighted by atomic mass is 10.0. The molecule has 0 unspecified atom stereocenters. The first kappa shape index (κ1) is 17.3. The highest BCUT2D eigenvalue weighted by Crippen LogP contribution is 2.26. The zero-order valence-corrected chi connectivity index (χ0v) is 13.9. The molecule has 2 aromatic rings. The van der Waals surface area contributed by atoms with Crippen molar-refractivity contribution < 1.29 is 14.6 Å². The predicted octanol–water partition coefficient (Wildman–Crippen LogP) is 1.87. The van der Waals surface area contributed by atoms with E-state index in [1.807, 2.05) is 17.0 Å². The van der Waals surface area contributed by atoms with Crippen molar-refractivity contribution in [3.63, 3.8) is 0 Å². The summed E-state index contributed by atoms with van der Waals surface area (Å²) in [5, 5.41) is 9.63. The highest BCUT2D eigenvalue weighted by molar-refractivity contribution is 5.75.